The average Bonchev–Trinajstić information content (AvgIpc) is 2.95. The lowest BCUT2D eigenvalue weighted by atomic mass is 9.99. The maximum Gasteiger partial charge on any atom is 0.407 e. The number of unbranched alkanes of at least 4 members (excludes halogenated alkanes) is 3. The number of amides is 1. The van der Waals surface area contributed by atoms with Gasteiger partial charge in [-0.05, 0) is 81.0 Å². The van der Waals surface area contributed by atoms with E-state index in [9.17, 15) is 9.90 Å². The zero-order valence-corrected chi connectivity index (χ0v) is 25.4. The van der Waals surface area contributed by atoms with Gasteiger partial charge in [0.05, 0.1) is 19.8 Å². The highest BCUT2D eigenvalue weighted by atomic mass is 16.5. The smallest absolute Gasteiger partial charge is 0.407 e. The molecule has 0 radical (unpaired) electrons. The summed E-state index contributed by atoms with van der Waals surface area (Å²) in [6, 6.07) is 22.7. The number of benzene rings is 3. The zero-order valence-electron chi connectivity index (χ0n) is 25.4. The Bertz CT molecular complexity index is 1200. The zero-order chi connectivity index (χ0) is 29.7. The fourth-order valence-corrected chi connectivity index (χ4v) is 4.54. The molecule has 0 saturated heterocycles. The van der Waals surface area contributed by atoms with E-state index in [2.05, 4.69) is 50.2 Å². The molecule has 0 atom stereocenters. The SMILES string of the molecule is CCCCCOc1ccc(-c2ccc(-c3ccc(OCCCC)cc3OCCCN(C(=O)O)C(C)(C)C)cc2)cc1. The largest absolute Gasteiger partial charge is 0.494 e. The monoisotopic (exact) mass is 561 g/mol. The Labute approximate surface area is 246 Å². The number of hydrogen-bond acceptors (Lipinski definition) is 4. The summed E-state index contributed by atoms with van der Waals surface area (Å²) < 4.78 is 18.0. The maximum absolute atomic E-state index is 11.7. The second-order valence-electron chi connectivity index (χ2n) is 11.3. The molecule has 3 aromatic rings. The van der Waals surface area contributed by atoms with Crippen LogP contribution >= 0.6 is 0 Å². The number of carbonyl (C=O) groups is 1. The molecule has 0 saturated carbocycles. The first-order valence-electron chi connectivity index (χ1n) is 15.0. The van der Waals surface area contributed by atoms with E-state index >= 15 is 0 Å². The van der Waals surface area contributed by atoms with Crippen molar-refractivity contribution in [1.82, 2.24) is 4.90 Å². The van der Waals surface area contributed by atoms with Crippen LogP contribution < -0.4 is 14.2 Å². The van der Waals surface area contributed by atoms with Crippen molar-refractivity contribution in [2.24, 2.45) is 0 Å². The lowest BCUT2D eigenvalue weighted by molar-refractivity contribution is 0.0962. The van der Waals surface area contributed by atoms with Crippen LogP contribution in [0.3, 0.4) is 0 Å². The molecular formula is C35H47NO5. The third-order valence-electron chi connectivity index (χ3n) is 6.94. The minimum absolute atomic E-state index is 0.399. The molecule has 41 heavy (non-hydrogen) atoms. The van der Waals surface area contributed by atoms with Crippen LogP contribution in [0.5, 0.6) is 17.2 Å². The van der Waals surface area contributed by atoms with Crippen LogP contribution in [-0.2, 0) is 0 Å². The fourth-order valence-electron chi connectivity index (χ4n) is 4.54. The summed E-state index contributed by atoms with van der Waals surface area (Å²) in [6.45, 7) is 12.2. The molecule has 0 heterocycles. The van der Waals surface area contributed by atoms with Crippen molar-refractivity contribution >= 4 is 6.09 Å². The van der Waals surface area contributed by atoms with Crippen LogP contribution in [0.2, 0.25) is 0 Å². The highest BCUT2D eigenvalue weighted by Crippen LogP contribution is 2.35. The summed E-state index contributed by atoms with van der Waals surface area (Å²) in [5.74, 6) is 2.40. The molecule has 0 aliphatic rings. The van der Waals surface area contributed by atoms with Gasteiger partial charge in [-0.3, -0.25) is 0 Å². The average molecular weight is 562 g/mol. The van der Waals surface area contributed by atoms with Gasteiger partial charge in [-0.25, -0.2) is 4.79 Å². The Morgan fingerprint density at radius 3 is 1.83 bits per heavy atom. The summed E-state index contributed by atoms with van der Waals surface area (Å²) in [5.41, 5.74) is 3.82. The molecule has 0 fully saturated rings. The van der Waals surface area contributed by atoms with Gasteiger partial charge in [0.25, 0.3) is 0 Å². The Balaban J connectivity index is 1.72. The molecule has 6 nitrogen and oxygen atoms in total. The summed E-state index contributed by atoms with van der Waals surface area (Å²) >= 11 is 0. The second-order valence-corrected chi connectivity index (χ2v) is 11.3. The molecule has 0 spiro atoms. The van der Waals surface area contributed by atoms with Gasteiger partial charge in [-0.2, -0.15) is 0 Å². The predicted octanol–water partition coefficient (Wildman–Crippen LogP) is 9.32. The van der Waals surface area contributed by atoms with E-state index in [-0.39, 0.29) is 0 Å². The van der Waals surface area contributed by atoms with Crippen LogP contribution in [0.25, 0.3) is 22.3 Å². The highest BCUT2D eigenvalue weighted by molar-refractivity contribution is 5.75. The molecule has 1 N–H and O–H groups in total. The van der Waals surface area contributed by atoms with E-state index < -0.39 is 11.6 Å². The molecule has 222 valence electrons. The Morgan fingerprint density at radius 1 is 0.683 bits per heavy atom. The van der Waals surface area contributed by atoms with Crippen LogP contribution in [-0.4, -0.2) is 48.0 Å². The van der Waals surface area contributed by atoms with Crippen LogP contribution in [0, 0.1) is 0 Å². The molecule has 3 rings (SSSR count). The maximum atomic E-state index is 11.7. The Morgan fingerprint density at radius 2 is 1.22 bits per heavy atom. The number of hydrogen-bond donors (Lipinski definition) is 1. The van der Waals surface area contributed by atoms with E-state index in [1.807, 2.05) is 51.1 Å². The van der Waals surface area contributed by atoms with Gasteiger partial charge in [-0.15, -0.1) is 0 Å². The lowest BCUT2D eigenvalue weighted by Gasteiger charge is -2.33. The van der Waals surface area contributed by atoms with E-state index in [4.69, 9.17) is 14.2 Å². The number of carboxylic acid groups (broad SMARTS) is 1. The second kappa shape index (κ2) is 15.9. The van der Waals surface area contributed by atoms with Crippen LogP contribution in [0.1, 0.15) is 73.1 Å². The molecule has 0 aliphatic heterocycles. The van der Waals surface area contributed by atoms with Crippen LogP contribution in [0.15, 0.2) is 66.7 Å². The molecule has 6 heteroatoms. The standard InChI is InChI=1S/C35H47NO5/c1-6-8-10-24-39-30-18-16-28(17-19-30)27-12-14-29(15-13-27)32-21-20-31(40-23-9-7-2)26-33(32)41-25-11-22-36(34(37)38)35(3,4)5/h12-21,26H,6-11,22-25H2,1-5H3,(H,37,38). The first-order chi connectivity index (χ1) is 19.7. The fraction of sp³-hybridized carbons (Fsp3) is 0.457. The van der Waals surface area contributed by atoms with Crippen molar-refractivity contribution in [3.05, 3.63) is 66.7 Å². The number of ether oxygens (including phenoxy) is 3. The summed E-state index contributed by atoms with van der Waals surface area (Å²) in [6.07, 6.45) is 5.17. The van der Waals surface area contributed by atoms with Crippen molar-refractivity contribution in [2.75, 3.05) is 26.4 Å². The van der Waals surface area contributed by atoms with E-state index in [0.29, 0.717) is 26.2 Å². The molecular weight excluding hydrogens is 514 g/mol. The number of rotatable bonds is 16. The van der Waals surface area contributed by atoms with Gasteiger partial charge in [0.15, 0.2) is 0 Å². The van der Waals surface area contributed by atoms with Gasteiger partial charge in [0, 0.05) is 23.7 Å². The summed E-state index contributed by atoms with van der Waals surface area (Å²) in [5, 5.41) is 9.59. The third-order valence-corrected chi connectivity index (χ3v) is 6.94. The van der Waals surface area contributed by atoms with Gasteiger partial charge < -0.3 is 24.2 Å². The summed E-state index contributed by atoms with van der Waals surface area (Å²) in [7, 11) is 0. The van der Waals surface area contributed by atoms with Crippen molar-refractivity contribution in [3.63, 3.8) is 0 Å². The van der Waals surface area contributed by atoms with E-state index in [1.165, 1.54) is 17.7 Å². The van der Waals surface area contributed by atoms with Crippen molar-refractivity contribution in [3.8, 4) is 39.5 Å². The Kier molecular flexibility index (Phi) is 12.4. The van der Waals surface area contributed by atoms with E-state index in [1.54, 1.807) is 0 Å². The summed E-state index contributed by atoms with van der Waals surface area (Å²) in [4.78, 5) is 13.1. The molecule has 3 aromatic carbocycles. The molecule has 1 amide bonds. The van der Waals surface area contributed by atoms with Gasteiger partial charge in [-0.1, -0.05) is 69.5 Å². The van der Waals surface area contributed by atoms with E-state index in [0.717, 1.165) is 65.4 Å². The van der Waals surface area contributed by atoms with Crippen molar-refractivity contribution in [1.29, 1.82) is 0 Å². The van der Waals surface area contributed by atoms with Gasteiger partial charge in [0.2, 0.25) is 0 Å². The minimum atomic E-state index is -0.918. The molecule has 0 bridgehead atoms. The normalized spacial score (nSPS) is 11.2. The van der Waals surface area contributed by atoms with Crippen molar-refractivity contribution < 1.29 is 24.1 Å². The first-order valence-corrected chi connectivity index (χ1v) is 15.0. The first kappa shape index (κ1) is 31.9. The molecule has 0 aliphatic carbocycles. The number of nitrogens with zero attached hydrogens (tertiary/aromatic N) is 1. The lowest BCUT2D eigenvalue weighted by Crippen LogP contribution is -2.45. The van der Waals surface area contributed by atoms with Crippen LogP contribution in [0.4, 0.5) is 4.79 Å². The van der Waals surface area contributed by atoms with Gasteiger partial charge >= 0.3 is 6.09 Å². The third kappa shape index (κ3) is 10.0. The minimum Gasteiger partial charge on any atom is -0.494 e. The quantitative estimate of drug-likeness (QED) is 0.177. The predicted molar refractivity (Wildman–Crippen MR) is 167 cm³/mol. The Hall–Kier alpha value is -3.67. The highest BCUT2D eigenvalue weighted by Gasteiger charge is 2.25. The topological polar surface area (TPSA) is 68.2 Å². The molecule has 0 unspecified atom stereocenters. The van der Waals surface area contributed by atoms with Crippen molar-refractivity contribution in [2.45, 2.75) is 78.7 Å². The van der Waals surface area contributed by atoms with Gasteiger partial charge in [0.1, 0.15) is 17.2 Å². The molecule has 0 aromatic heterocycles.